The van der Waals surface area contributed by atoms with E-state index in [2.05, 4.69) is 0 Å². The van der Waals surface area contributed by atoms with E-state index in [0.29, 0.717) is 21.9 Å². The van der Waals surface area contributed by atoms with Gasteiger partial charge in [-0.25, -0.2) is 4.39 Å². The highest BCUT2D eigenvalue weighted by molar-refractivity contribution is 6.31. The second kappa shape index (κ2) is 8.07. The van der Waals surface area contributed by atoms with Crippen LogP contribution < -0.4 is 9.64 Å². The van der Waals surface area contributed by atoms with E-state index in [0.717, 1.165) is 11.0 Å². The van der Waals surface area contributed by atoms with Gasteiger partial charge in [0.1, 0.15) is 23.4 Å². The fourth-order valence-corrected chi connectivity index (χ4v) is 4.30. The van der Waals surface area contributed by atoms with Crippen molar-refractivity contribution in [3.63, 3.8) is 0 Å². The van der Waals surface area contributed by atoms with Crippen molar-refractivity contribution in [3.8, 4) is 5.75 Å². The molecule has 1 aliphatic rings. The molecule has 1 aliphatic heterocycles. The van der Waals surface area contributed by atoms with Crippen molar-refractivity contribution in [2.45, 2.75) is 13.0 Å². The van der Waals surface area contributed by atoms with Crippen molar-refractivity contribution in [2.75, 3.05) is 12.0 Å². The van der Waals surface area contributed by atoms with E-state index in [4.69, 9.17) is 25.2 Å². The lowest BCUT2D eigenvalue weighted by atomic mass is 9.99. The second-order valence-electron chi connectivity index (χ2n) is 7.73. The van der Waals surface area contributed by atoms with Crippen LogP contribution in [0.4, 0.5) is 10.1 Å². The van der Waals surface area contributed by atoms with Crippen LogP contribution in [0.25, 0.3) is 11.0 Å². The number of rotatable bonds is 5. The number of carbonyl (C=O) groups excluding carboxylic acids is 2. The van der Waals surface area contributed by atoms with Crippen molar-refractivity contribution in [1.29, 1.82) is 0 Å². The molecule has 1 N–H and O–H groups in total. The van der Waals surface area contributed by atoms with Crippen LogP contribution in [0.2, 0.25) is 5.02 Å². The molecule has 9 heteroatoms. The summed E-state index contributed by atoms with van der Waals surface area (Å²) >= 11 is 6.12. The molecule has 4 aromatic rings. The Kier molecular flexibility index (Phi) is 5.17. The van der Waals surface area contributed by atoms with Crippen LogP contribution in [-0.4, -0.2) is 23.9 Å². The molecular weight excluding hydrogens is 465 g/mol. The van der Waals surface area contributed by atoms with E-state index in [9.17, 15) is 19.1 Å². The van der Waals surface area contributed by atoms with Crippen molar-refractivity contribution < 1.29 is 32.7 Å². The number of benzene rings is 2. The molecular formula is C25H17ClFNO6. The third-order valence-corrected chi connectivity index (χ3v) is 5.78. The number of hydrogen-bond acceptors (Lipinski definition) is 6. The van der Waals surface area contributed by atoms with Crippen molar-refractivity contribution >= 4 is 39.9 Å². The quantitative estimate of drug-likeness (QED) is 0.356. The topological polar surface area (TPSA) is 93.1 Å². The predicted octanol–water partition coefficient (Wildman–Crippen LogP) is 5.92. The number of aryl methyl sites for hydroxylation is 1. The molecule has 1 unspecified atom stereocenters. The molecule has 0 fully saturated rings. The van der Waals surface area contributed by atoms with Gasteiger partial charge in [-0.05, 0) is 49.4 Å². The van der Waals surface area contributed by atoms with E-state index >= 15 is 0 Å². The predicted molar refractivity (Wildman–Crippen MR) is 122 cm³/mol. The van der Waals surface area contributed by atoms with Crippen LogP contribution in [0.3, 0.4) is 0 Å². The number of anilines is 1. The molecule has 0 bridgehead atoms. The van der Waals surface area contributed by atoms with Crippen molar-refractivity contribution in [3.05, 3.63) is 94.1 Å². The highest BCUT2D eigenvalue weighted by Gasteiger charge is 2.47. The lowest BCUT2D eigenvalue weighted by Crippen LogP contribution is -2.30. The standard InChI is InChI=1S/C25H17ClFNO6/c1-12-6-7-17(33-12)21-20(23(30)25(31)28(21)16-5-3-4-15(27)11-16)22(29)18-9-13-8-14(26)10-19(32-2)24(13)34-18/h3-11,21,30H,1-2H3. The first kappa shape index (κ1) is 21.8. The van der Waals surface area contributed by atoms with Gasteiger partial charge >= 0.3 is 0 Å². The first-order valence-corrected chi connectivity index (χ1v) is 10.6. The van der Waals surface area contributed by atoms with E-state index in [1.54, 1.807) is 25.1 Å². The number of Topliss-reactive ketones (excluding diaryl/α,β-unsaturated/α-hetero) is 1. The van der Waals surface area contributed by atoms with E-state index < -0.39 is 29.3 Å². The molecule has 0 saturated carbocycles. The number of aliphatic hydroxyl groups excluding tert-OH is 1. The Morgan fingerprint density at radius 3 is 2.62 bits per heavy atom. The average Bonchev–Trinajstić information content (AvgIpc) is 3.49. The molecule has 34 heavy (non-hydrogen) atoms. The van der Waals surface area contributed by atoms with Gasteiger partial charge in [-0.15, -0.1) is 0 Å². The van der Waals surface area contributed by atoms with Crippen LogP contribution in [0.15, 0.2) is 74.8 Å². The summed E-state index contributed by atoms with van der Waals surface area (Å²) in [6.07, 6.45) is 0. The Bertz CT molecular complexity index is 1500. The summed E-state index contributed by atoms with van der Waals surface area (Å²) in [5.41, 5.74) is 0.177. The maximum absolute atomic E-state index is 14.0. The fourth-order valence-electron chi connectivity index (χ4n) is 4.08. The number of ketones is 1. The number of aliphatic hydroxyl groups is 1. The molecule has 5 rings (SSSR count). The Hall–Kier alpha value is -4.04. The number of nitrogens with zero attached hydrogens (tertiary/aromatic N) is 1. The number of halogens is 2. The summed E-state index contributed by atoms with van der Waals surface area (Å²) in [6, 6.07) is 12.0. The fraction of sp³-hybridized carbons (Fsp3) is 0.120. The minimum atomic E-state index is -1.14. The SMILES string of the molecule is COc1cc(Cl)cc2cc(C(=O)C3=C(O)C(=O)N(c4cccc(F)c4)C3c3ccc(C)o3)oc12. The molecule has 1 atom stereocenters. The molecule has 172 valence electrons. The summed E-state index contributed by atoms with van der Waals surface area (Å²) < 4.78 is 30.7. The van der Waals surface area contributed by atoms with Gasteiger partial charge in [0.05, 0.1) is 12.7 Å². The lowest BCUT2D eigenvalue weighted by Gasteiger charge is -2.24. The minimum absolute atomic E-state index is 0.140. The van der Waals surface area contributed by atoms with E-state index in [1.807, 2.05) is 0 Å². The number of hydrogen-bond donors (Lipinski definition) is 1. The summed E-state index contributed by atoms with van der Waals surface area (Å²) in [5, 5.41) is 11.7. The highest BCUT2D eigenvalue weighted by Crippen LogP contribution is 2.43. The lowest BCUT2D eigenvalue weighted by molar-refractivity contribution is -0.117. The number of carbonyl (C=O) groups is 2. The van der Waals surface area contributed by atoms with Crippen LogP contribution in [-0.2, 0) is 4.79 Å². The summed E-state index contributed by atoms with van der Waals surface area (Å²) in [7, 11) is 1.44. The molecule has 0 aliphatic carbocycles. The minimum Gasteiger partial charge on any atom is -0.503 e. The largest absolute Gasteiger partial charge is 0.503 e. The molecule has 7 nitrogen and oxygen atoms in total. The zero-order valence-corrected chi connectivity index (χ0v) is 18.7. The molecule has 3 heterocycles. The van der Waals surface area contributed by atoms with E-state index in [1.165, 1.54) is 37.4 Å². The third kappa shape index (κ3) is 3.43. The monoisotopic (exact) mass is 481 g/mol. The Morgan fingerprint density at radius 1 is 1.15 bits per heavy atom. The summed E-state index contributed by atoms with van der Waals surface area (Å²) in [5.74, 6) is -2.04. The third-order valence-electron chi connectivity index (χ3n) is 5.56. The number of methoxy groups -OCH3 is 1. The van der Waals surface area contributed by atoms with Gasteiger partial charge in [0.15, 0.2) is 22.9 Å². The molecule has 0 spiro atoms. The number of amides is 1. The Labute approximate surface area is 197 Å². The van der Waals surface area contributed by atoms with Crippen LogP contribution in [0.1, 0.15) is 28.1 Å². The molecule has 2 aromatic carbocycles. The molecule has 2 aromatic heterocycles. The first-order valence-electron chi connectivity index (χ1n) is 10.2. The average molecular weight is 482 g/mol. The number of furan rings is 2. The second-order valence-corrected chi connectivity index (χ2v) is 8.17. The van der Waals surface area contributed by atoms with Crippen LogP contribution in [0, 0.1) is 12.7 Å². The van der Waals surface area contributed by atoms with Crippen LogP contribution >= 0.6 is 11.6 Å². The Morgan fingerprint density at radius 2 is 1.94 bits per heavy atom. The maximum atomic E-state index is 14.0. The van der Waals surface area contributed by atoms with Gasteiger partial charge in [0, 0.05) is 22.2 Å². The highest BCUT2D eigenvalue weighted by atomic mass is 35.5. The number of fused-ring (bicyclic) bond motifs is 1. The summed E-state index contributed by atoms with van der Waals surface area (Å²) in [4.78, 5) is 27.8. The molecule has 0 saturated heterocycles. The zero-order valence-electron chi connectivity index (χ0n) is 18.0. The van der Waals surface area contributed by atoms with Gasteiger partial charge in [-0.3, -0.25) is 14.5 Å². The van der Waals surface area contributed by atoms with Gasteiger partial charge in [-0.2, -0.15) is 0 Å². The van der Waals surface area contributed by atoms with Gasteiger partial charge < -0.3 is 18.7 Å². The number of ether oxygens (including phenoxy) is 1. The normalized spacial score (nSPS) is 16.1. The van der Waals surface area contributed by atoms with Gasteiger partial charge in [0.2, 0.25) is 5.78 Å². The molecule has 1 amide bonds. The van der Waals surface area contributed by atoms with Crippen molar-refractivity contribution in [1.82, 2.24) is 0 Å². The first-order chi connectivity index (χ1) is 16.3. The van der Waals surface area contributed by atoms with E-state index in [-0.39, 0.29) is 28.4 Å². The summed E-state index contributed by atoms with van der Waals surface area (Å²) in [6.45, 7) is 1.70. The maximum Gasteiger partial charge on any atom is 0.294 e. The zero-order chi connectivity index (χ0) is 24.1. The van der Waals surface area contributed by atoms with Gasteiger partial charge in [-0.1, -0.05) is 17.7 Å². The van der Waals surface area contributed by atoms with Gasteiger partial charge in [0.25, 0.3) is 5.91 Å². The Balaban J connectivity index is 1.66. The molecule has 0 radical (unpaired) electrons. The van der Waals surface area contributed by atoms with Crippen molar-refractivity contribution in [2.24, 2.45) is 0 Å². The van der Waals surface area contributed by atoms with Crippen LogP contribution in [0.5, 0.6) is 5.75 Å². The smallest absolute Gasteiger partial charge is 0.294 e.